The summed E-state index contributed by atoms with van der Waals surface area (Å²) in [5, 5.41) is 3.34. The lowest BCUT2D eigenvalue weighted by atomic mass is 9.90. The zero-order valence-corrected chi connectivity index (χ0v) is 11.0. The van der Waals surface area contributed by atoms with E-state index in [0.717, 1.165) is 32.0 Å². The standard InChI is InChI=1S/C14H20F2N2/c1-14(17-2)3-5-18(6-4-14)10-11-7-12(15)9-13(16)8-11/h7-9,17H,3-6,10H2,1-2H3. The predicted octanol–water partition coefficient (Wildman–Crippen LogP) is 2.54. The summed E-state index contributed by atoms with van der Waals surface area (Å²) in [6.45, 7) is 4.74. The molecule has 1 fully saturated rings. The molecule has 0 aromatic heterocycles. The number of benzene rings is 1. The minimum absolute atomic E-state index is 0.198. The van der Waals surface area contributed by atoms with Crippen molar-refractivity contribution in [1.82, 2.24) is 10.2 Å². The molecule has 1 aliphatic rings. The number of piperidine rings is 1. The molecule has 18 heavy (non-hydrogen) atoms. The van der Waals surface area contributed by atoms with Gasteiger partial charge in [0.2, 0.25) is 0 Å². The lowest BCUT2D eigenvalue weighted by Crippen LogP contribution is -2.49. The van der Waals surface area contributed by atoms with E-state index in [-0.39, 0.29) is 5.54 Å². The smallest absolute Gasteiger partial charge is 0.126 e. The number of hydrogen-bond donors (Lipinski definition) is 1. The summed E-state index contributed by atoms with van der Waals surface area (Å²) in [6, 6.07) is 3.74. The van der Waals surface area contributed by atoms with Crippen molar-refractivity contribution in [2.45, 2.75) is 31.8 Å². The Morgan fingerprint density at radius 2 is 1.72 bits per heavy atom. The molecule has 0 unspecified atom stereocenters. The maximum Gasteiger partial charge on any atom is 0.126 e. The van der Waals surface area contributed by atoms with Gasteiger partial charge in [-0.05, 0) is 44.5 Å². The molecule has 2 nitrogen and oxygen atoms in total. The van der Waals surface area contributed by atoms with Crippen LogP contribution in [-0.2, 0) is 6.54 Å². The predicted molar refractivity (Wildman–Crippen MR) is 68.3 cm³/mol. The number of rotatable bonds is 3. The van der Waals surface area contributed by atoms with Gasteiger partial charge in [0, 0.05) is 31.2 Å². The number of nitrogens with one attached hydrogen (secondary N) is 1. The summed E-state index contributed by atoms with van der Waals surface area (Å²) in [5.41, 5.74) is 0.907. The first-order valence-electron chi connectivity index (χ1n) is 6.37. The normalized spacial score (nSPS) is 20.0. The van der Waals surface area contributed by atoms with Gasteiger partial charge in [-0.15, -0.1) is 0 Å². The molecule has 1 saturated heterocycles. The molecule has 1 N–H and O–H groups in total. The van der Waals surface area contributed by atoms with Gasteiger partial charge in [0.25, 0.3) is 0 Å². The molecular weight excluding hydrogens is 234 g/mol. The Morgan fingerprint density at radius 1 is 1.17 bits per heavy atom. The largest absolute Gasteiger partial charge is 0.314 e. The molecule has 0 spiro atoms. The third kappa shape index (κ3) is 3.27. The lowest BCUT2D eigenvalue weighted by Gasteiger charge is -2.39. The lowest BCUT2D eigenvalue weighted by molar-refractivity contribution is 0.146. The summed E-state index contributed by atoms with van der Waals surface area (Å²) in [5.74, 6) is -0.996. The van der Waals surface area contributed by atoms with Crippen molar-refractivity contribution in [3.8, 4) is 0 Å². The van der Waals surface area contributed by atoms with Crippen LogP contribution in [0.3, 0.4) is 0 Å². The molecule has 2 rings (SSSR count). The maximum atomic E-state index is 13.1. The average Bonchev–Trinajstić information content (AvgIpc) is 2.31. The second-order valence-corrected chi connectivity index (χ2v) is 5.36. The molecule has 0 amide bonds. The topological polar surface area (TPSA) is 15.3 Å². The Kier molecular flexibility index (Phi) is 3.97. The van der Waals surface area contributed by atoms with Crippen LogP contribution >= 0.6 is 0 Å². The SMILES string of the molecule is CNC1(C)CCN(Cc2cc(F)cc(F)c2)CC1. The van der Waals surface area contributed by atoms with E-state index in [1.54, 1.807) is 0 Å². The van der Waals surface area contributed by atoms with E-state index < -0.39 is 11.6 Å². The zero-order chi connectivity index (χ0) is 13.2. The highest BCUT2D eigenvalue weighted by atomic mass is 19.1. The number of hydrogen-bond acceptors (Lipinski definition) is 2. The van der Waals surface area contributed by atoms with Gasteiger partial charge in [-0.25, -0.2) is 8.78 Å². The highest BCUT2D eigenvalue weighted by molar-refractivity contribution is 5.17. The van der Waals surface area contributed by atoms with Crippen molar-refractivity contribution in [3.63, 3.8) is 0 Å². The monoisotopic (exact) mass is 254 g/mol. The van der Waals surface area contributed by atoms with Gasteiger partial charge in [0.05, 0.1) is 0 Å². The fraction of sp³-hybridized carbons (Fsp3) is 0.571. The van der Waals surface area contributed by atoms with Crippen molar-refractivity contribution in [2.24, 2.45) is 0 Å². The molecule has 100 valence electrons. The summed E-state index contributed by atoms with van der Waals surface area (Å²) in [4.78, 5) is 2.24. The van der Waals surface area contributed by atoms with Crippen LogP contribution in [-0.4, -0.2) is 30.6 Å². The Bertz CT molecular complexity index is 392. The third-order valence-corrected chi connectivity index (χ3v) is 3.89. The van der Waals surface area contributed by atoms with E-state index in [0.29, 0.717) is 12.1 Å². The Labute approximate surface area is 107 Å². The van der Waals surface area contributed by atoms with Crippen LogP contribution in [0.1, 0.15) is 25.3 Å². The molecule has 0 atom stereocenters. The number of nitrogens with zero attached hydrogens (tertiary/aromatic N) is 1. The molecule has 0 saturated carbocycles. The first-order chi connectivity index (χ1) is 8.50. The highest BCUT2D eigenvalue weighted by Gasteiger charge is 2.28. The molecule has 4 heteroatoms. The van der Waals surface area contributed by atoms with Crippen molar-refractivity contribution >= 4 is 0 Å². The van der Waals surface area contributed by atoms with Crippen molar-refractivity contribution in [1.29, 1.82) is 0 Å². The molecular formula is C14H20F2N2. The van der Waals surface area contributed by atoms with Crippen molar-refractivity contribution in [3.05, 3.63) is 35.4 Å². The van der Waals surface area contributed by atoms with Gasteiger partial charge in [0.1, 0.15) is 11.6 Å². The molecule has 0 radical (unpaired) electrons. The van der Waals surface area contributed by atoms with E-state index in [1.165, 1.54) is 12.1 Å². The molecule has 1 aromatic rings. The Morgan fingerprint density at radius 3 is 2.22 bits per heavy atom. The summed E-state index contributed by atoms with van der Waals surface area (Å²) in [7, 11) is 1.98. The van der Waals surface area contributed by atoms with Crippen LogP contribution in [0.5, 0.6) is 0 Å². The maximum absolute atomic E-state index is 13.1. The molecule has 0 bridgehead atoms. The van der Waals surface area contributed by atoms with Crippen molar-refractivity contribution in [2.75, 3.05) is 20.1 Å². The third-order valence-electron chi connectivity index (χ3n) is 3.89. The van der Waals surface area contributed by atoms with Crippen LogP contribution in [0.2, 0.25) is 0 Å². The first kappa shape index (κ1) is 13.4. The van der Waals surface area contributed by atoms with E-state index >= 15 is 0 Å². The van der Waals surface area contributed by atoms with Gasteiger partial charge < -0.3 is 5.32 Å². The number of likely N-dealkylation sites (tertiary alicyclic amines) is 1. The van der Waals surface area contributed by atoms with E-state index in [1.807, 2.05) is 7.05 Å². The molecule has 1 aromatic carbocycles. The summed E-state index contributed by atoms with van der Waals surface area (Å²) in [6.07, 6.45) is 2.11. The Balaban J connectivity index is 1.95. The van der Waals surface area contributed by atoms with E-state index in [9.17, 15) is 8.78 Å². The summed E-state index contributed by atoms with van der Waals surface area (Å²) >= 11 is 0. The van der Waals surface area contributed by atoms with Crippen LogP contribution in [0, 0.1) is 11.6 Å². The molecule has 0 aliphatic carbocycles. The average molecular weight is 254 g/mol. The minimum atomic E-state index is -0.498. The first-order valence-corrected chi connectivity index (χ1v) is 6.37. The Hall–Kier alpha value is -1.00. The fourth-order valence-corrected chi connectivity index (χ4v) is 2.42. The zero-order valence-electron chi connectivity index (χ0n) is 11.0. The fourth-order valence-electron chi connectivity index (χ4n) is 2.42. The van der Waals surface area contributed by atoms with Crippen LogP contribution < -0.4 is 5.32 Å². The molecule has 1 aliphatic heterocycles. The van der Waals surface area contributed by atoms with E-state index in [2.05, 4.69) is 17.1 Å². The van der Waals surface area contributed by atoms with Crippen LogP contribution in [0.25, 0.3) is 0 Å². The second kappa shape index (κ2) is 5.33. The summed E-state index contributed by atoms with van der Waals surface area (Å²) < 4.78 is 26.2. The minimum Gasteiger partial charge on any atom is -0.314 e. The van der Waals surface area contributed by atoms with Crippen LogP contribution in [0.4, 0.5) is 8.78 Å². The van der Waals surface area contributed by atoms with Gasteiger partial charge in [0.15, 0.2) is 0 Å². The van der Waals surface area contributed by atoms with Gasteiger partial charge in [-0.2, -0.15) is 0 Å². The van der Waals surface area contributed by atoms with Crippen LogP contribution in [0.15, 0.2) is 18.2 Å². The van der Waals surface area contributed by atoms with Crippen molar-refractivity contribution < 1.29 is 8.78 Å². The van der Waals surface area contributed by atoms with Gasteiger partial charge >= 0.3 is 0 Å². The van der Waals surface area contributed by atoms with E-state index in [4.69, 9.17) is 0 Å². The second-order valence-electron chi connectivity index (χ2n) is 5.36. The van der Waals surface area contributed by atoms with Gasteiger partial charge in [-0.3, -0.25) is 4.90 Å². The number of halogens is 2. The quantitative estimate of drug-likeness (QED) is 0.891. The van der Waals surface area contributed by atoms with Gasteiger partial charge in [-0.1, -0.05) is 0 Å². The highest BCUT2D eigenvalue weighted by Crippen LogP contribution is 2.22. The molecule has 1 heterocycles.